The highest BCUT2D eigenvalue weighted by molar-refractivity contribution is 8.04. The standard InChI is InChI=1S/C54H47N6S2/c1-56-47-25-13-15-27-49(47)61-53(56)35-39-33-51(59(41-17-5-3-6-18-41)45-23-11-9-21-43(39)45)55-37-38-29-31-58(32-30-38)52-34-40(36-54-57(2)48-26-14-16-28-50(48)62-54)44-22-10-12-24-46(44)60(52)42-19-7-4-8-20-42/h3-28,33-36,38H,29-32,37H2,1-2H3/q+1/b53-35+,55-51?. The number of fused-ring (bicyclic) bond motifs is 4. The summed E-state index contributed by atoms with van der Waals surface area (Å²) in [6.45, 7) is 2.69. The van der Waals surface area contributed by atoms with Gasteiger partial charge >= 0.3 is 0 Å². The smallest absolute Gasteiger partial charge is 0.282 e. The summed E-state index contributed by atoms with van der Waals surface area (Å²) in [6.07, 6.45) is 6.85. The molecule has 3 aliphatic rings. The minimum atomic E-state index is 0.462. The lowest BCUT2D eigenvalue weighted by Gasteiger charge is -2.29. The third-order valence-electron chi connectivity index (χ3n) is 12.5. The molecule has 8 heteroatoms. The molecule has 0 unspecified atom stereocenters. The van der Waals surface area contributed by atoms with E-state index in [1.165, 1.54) is 70.1 Å². The number of benzene rings is 6. The van der Waals surface area contributed by atoms with Crippen LogP contribution in [0.2, 0.25) is 0 Å². The summed E-state index contributed by atoms with van der Waals surface area (Å²) >= 11 is 3.68. The number of anilines is 3. The molecule has 8 aromatic rings. The van der Waals surface area contributed by atoms with Crippen LogP contribution in [0.25, 0.3) is 45.3 Å². The average molecular weight is 844 g/mol. The molecule has 62 heavy (non-hydrogen) atoms. The number of nitrogens with zero attached hydrogens (tertiary/aromatic N) is 6. The predicted molar refractivity (Wildman–Crippen MR) is 261 cm³/mol. The van der Waals surface area contributed by atoms with Gasteiger partial charge in [-0.05, 0) is 109 Å². The van der Waals surface area contributed by atoms with E-state index >= 15 is 0 Å². The third kappa shape index (κ3) is 7.07. The Labute approximate surface area is 371 Å². The second-order valence-corrected chi connectivity index (χ2v) is 18.4. The molecule has 5 heterocycles. The number of pyridine rings is 2. The summed E-state index contributed by atoms with van der Waals surface area (Å²) in [5.41, 5.74) is 10.6. The molecule has 0 aliphatic carbocycles. The van der Waals surface area contributed by atoms with Crippen molar-refractivity contribution < 1.29 is 4.57 Å². The van der Waals surface area contributed by atoms with Gasteiger partial charge in [-0.1, -0.05) is 121 Å². The molecule has 0 N–H and O–H groups in total. The number of hydrogen-bond donors (Lipinski definition) is 0. The van der Waals surface area contributed by atoms with Crippen LogP contribution in [0, 0.1) is 5.92 Å². The Bertz CT molecular complexity index is 3110. The van der Waals surface area contributed by atoms with Crippen molar-refractivity contribution in [2.24, 2.45) is 10.9 Å². The van der Waals surface area contributed by atoms with Gasteiger partial charge in [0.15, 0.2) is 0 Å². The fourth-order valence-electron chi connectivity index (χ4n) is 9.25. The Morgan fingerprint density at radius 3 is 1.81 bits per heavy atom. The highest BCUT2D eigenvalue weighted by atomic mass is 32.2. The summed E-state index contributed by atoms with van der Waals surface area (Å²) in [6, 6.07) is 61.3. The van der Waals surface area contributed by atoms with Crippen LogP contribution in [0.5, 0.6) is 0 Å². The Morgan fingerprint density at radius 1 is 0.597 bits per heavy atom. The average Bonchev–Trinajstić information content (AvgIpc) is 3.82. The lowest BCUT2D eigenvalue weighted by Crippen LogP contribution is -2.45. The maximum absolute atomic E-state index is 5.52. The molecule has 0 spiro atoms. The minimum absolute atomic E-state index is 0.462. The molecule has 0 saturated carbocycles. The van der Waals surface area contributed by atoms with Crippen LogP contribution in [0.4, 0.5) is 17.2 Å². The topological polar surface area (TPSA) is 30.9 Å². The monoisotopic (exact) mass is 843 g/mol. The van der Waals surface area contributed by atoms with Crippen LogP contribution < -0.4 is 24.8 Å². The predicted octanol–water partition coefficient (Wildman–Crippen LogP) is 12.0. The van der Waals surface area contributed by atoms with E-state index in [9.17, 15) is 0 Å². The molecular formula is C54H47N6S2+. The third-order valence-corrected chi connectivity index (χ3v) is 14.9. The van der Waals surface area contributed by atoms with Gasteiger partial charge in [-0.25, -0.2) is 0 Å². The van der Waals surface area contributed by atoms with E-state index in [2.05, 4.69) is 220 Å². The van der Waals surface area contributed by atoms with E-state index in [4.69, 9.17) is 4.99 Å². The fraction of sp³-hybridized carbons (Fsp3) is 0.148. The number of hydrogen-bond acceptors (Lipinski definition) is 6. The molecule has 0 amide bonds. The van der Waals surface area contributed by atoms with Crippen molar-refractivity contribution >= 4 is 74.7 Å². The summed E-state index contributed by atoms with van der Waals surface area (Å²) in [4.78, 5) is 15.3. The number of piperidine rings is 1. The zero-order chi connectivity index (χ0) is 41.6. The summed E-state index contributed by atoms with van der Waals surface area (Å²) in [5.74, 6) is 1.69. The van der Waals surface area contributed by atoms with Crippen LogP contribution in [0.3, 0.4) is 0 Å². The van der Waals surface area contributed by atoms with E-state index < -0.39 is 0 Å². The van der Waals surface area contributed by atoms with Gasteiger partial charge in [0.1, 0.15) is 16.7 Å². The fourth-order valence-corrected chi connectivity index (χ4v) is 11.5. The Kier molecular flexibility index (Phi) is 10.2. The van der Waals surface area contributed by atoms with Crippen LogP contribution in [-0.2, 0) is 0 Å². The second-order valence-electron chi connectivity index (χ2n) is 16.3. The van der Waals surface area contributed by atoms with Gasteiger partial charge in [-0.2, -0.15) is 4.57 Å². The first-order valence-electron chi connectivity index (χ1n) is 21.5. The van der Waals surface area contributed by atoms with Gasteiger partial charge in [0.2, 0.25) is 0 Å². The van der Waals surface area contributed by atoms with Crippen molar-refractivity contribution in [3.8, 4) is 11.4 Å². The largest absolute Gasteiger partial charge is 0.338 e. The first kappa shape index (κ1) is 38.4. The lowest BCUT2D eigenvalue weighted by molar-refractivity contribution is -0.554. The zero-order valence-corrected chi connectivity index (χ0v) is 36.6. The van der Waals surface area contributed by atoms with Gasteiger partial charge in [-0.3, -0.25) is 14.5 Å². The number of thioether (sulfide) groups is 2. The maximum Gasteiger partial charge on any atom is 0.282 e. The molecule has 304 valence electrons. The Balaban J connectivity index is 0.942. The molecule has 1 fully saturated rings. The summed E-state index contributed by atoms with van der Waals surface area (Å²) < 4.78 is 4.81. The van der Waals surface area contributed by atoms with Gasteiger partial charge < -0.3 is 9.80 Å². The van der Waals surface area contributed by atoms with Crippen molar-refractivity contribution in [2.45, 2.75) is 22.6 Å². The molecule has 6 aromatic carbocycles. The molecule has 11 rings (SSSR count). The van der Waals surface area contributed by atoms with E-state index in [0.717, 1.165) is 49.2 Å². The SMILES string of the molecule is CN1C(=Cc2cc(N3CCC(CN=c4cc(/C=C5/Sc6ccccc6N5C)c5ccccc5n4-c4ccccc4)CC3)[n+](-c3ccccc3)c3ccccc23)Sc2ccccc21. The molecule has 1 saturated heterocycles. The van der Waals surface area contributed by atoms with Crippen LogP contribution >= 0.6 is 23.5 Å². The molecule has 0 bridgehead atoms. The van der Waals surface area contributed by atoms with Crippen molar-refractivity contribution in [1.82, 2.24) is 4.57 Å². The lowest BCUT2D eigenvalue weighted by atomic mass is 9.96. The maximum atomic E-state index is 5.52. The first-order chi connectivity index (χ1) is 30.6. The van der Waals surface area contributed by atoms with Gasteiger partial charge in [0.05, 0.1) is 40.0 Å². The Morgan fingerprint density at radius 2 is 1.15 bits per heavy atom. The first-order valence-corrected chi connectivity index (χ1v) is 23.1. The van der Waals surface area contributed by atoms with Crippen LogP contribution in [-0.4, -0.2) is 38.3 Å². The summed E-state index contributed by atoms with van der Waals surface area (Å²) in [7, 11) is 4.35. The van der Waals surface area contributed by atoms with Crippen molar-refractivity contribution in [3.63, 3.8) is 0 Å². The van der Waals surface area contributed by atoms with Crippen molar-refractivity contribution in [3.05, 3.63) is 197 Å². The number of para-hydroxylation sites is 6. The molecule has 3 aliphatic heterocycles. The second kappa shape index (κ2) is 16.4. The molecule has 0 radical (unpaired) electrons. The van der Waals surface area contributed by atoms with E-state index in [1.54, 1.807) is 0 Å². The highest BCUT2D eigenvalue weighted by Crippen LogP contribution is 2.47. The van der Waals surface area contributed by atoms with Gasteiger partial charge in [-0.15, -0.1) is 0 Å². The molecular weight excluding hydrogens is 797 g/mol. The zero-order valence-electron chi connectivity index (χ0n) is 34.9. The van der Waals surface area contributed by atoms with Gasteiger partial charge in [0.25, 0.3) is 5.82 Å². The van der Waals surface area contributed by atoms with E-state index in [-0.39, 0.29) is 0 Å². The molecule has 2 aromatic heterocycles. The van der Waals surface area contributed by atoms with Crippen LogP contribution in [0.1, 0.15) is 24.0 Å². The van der Waals surface area contributed by atoms with Crippen LogP contribution in [0.15, 0.2) is 195 Å². The van der Waals surface area contributed by atoms with Crippen molar-refractivity contribution in [1.29, 1.82) is 0 Å². The molecule has 6 nitrogen and oxygen atoms in total. The number of aromatic nitrogens is 2. The van der Waals surface area contributed by atoms with Crippen molar-refractivity contribution in [2.75, 3.05) is 48.4 Å². The van der Waals surface area contributed by atoms with E-state index in [0.29, 0.717) is 5.92 Å². The molecule has 0 atom stereocenters. The quantitative estimate of drug-likeness (QED) is 0.149. The minimum Gasteiger partial charge on any atom is -0.338 e. The Hall–Kier alpha value is -6.48. The summed E-state index contributed by atoms with van der Waals surface area (Å²) in [5, 5.41) is 4.90. The highest BCUT2D eigenvalue weighted by Gasteiger charge is 2.31. The van der Waals surface area contributed by atoms with Gasteiger partial charge in [0, 0.05) is 53.0 Å². The van der Waals surface area contributed by atoms with E-state index in [1.807, 2.05) is 23.5 Å². The normalized spacial score (nSPS) is 16.9. The number of rotatable bonds is 7.